The Morgan fingerprint density at radius 2 is 1.88 bits per heavy atom. The SMILES string of the molecule is CC=C(C)C1OC2(CCC1C)CC1CC(CC=C(C)CC(C)C=CC=C(C)C3(O)CC(O)C(C)=CC3C(=O)O1)O2. The fourth-order valence-electron chi connectivity index (χ4n) is 6.83. The molecule has 2 saturated heterocycles. The van der Waals surface area contributed by atoms with Gasteiger partial charge in [0.05, 0.1) is 18.3 Å². The van der Waals surface area contributed by atoms with E-state index in [1.54, 1.807) is 13.0 Å². The quantitative estimate of drug-likeness (QED) is 0.285. The highest BCUT2D eigenvalue weighted by Gasteiger charge is 2.51. The molecule has 1 aliphatic carbocycles. The van der Waals surface area contributed by atoms with Gasteiger partial charge in [0.2, 0.25) is 0 Å². The first kappa shape index (κ1) is 31.0. The highest BCUT2D eigenvalue weighted by atomic mass is 16.7. The van der Waals surface area contributed by atoms with Crippen molar-refractivity contribution in [3.8, 4) is 0 Å². The lowest BCUT2D eigenvalue weighted by Crippen LogP contribution is -2.55. The molecule has 222 valence electrons. The Morgan fingerprint density at radius 3 is 2.60 bits per heavy atom. The number of aliphatic hydroxyl groups is 2. The largest absolute Gasteiger partial charge is 0.462 e. The molecule has 3 aliphatic heterocycles. The minimum absolute atomic E-state index is 0.0417. The van der Waals surface area contributed by atoms with Crippen LogP contribution in [0.5, 0.6) is 0 Å². The van der Waals surface area contributed by atoms with Crippen LogP contribution >= 0.6 is 0 Å². The summed E-state index contributed by atoms with van der Waals surface area (Å²) < 4.78 is 19.7. The van der Waals surface area contributed by atoms with Gasteiger partial charge in [-0.05, 0) is 82.4 Å². The van der Waals surface area contributed by atoms with Crippen molar-refractivity contribution in [3.05, 3.63) is 58.7 Å². The Kier molecular flexibility index (Phi) is 9.66. The first-order valence-electron chi connectivity index (χ1n) is 15.1. The highest BCUT2D eigenvalue weighted by Crippen LogP contribution is 2.45. The molecule has 1 spiro atoms. The molecule has 9 unspecified atom stereocenters. The molecule has 0 aromatic rings. The Balaban J connectivity index is 1.71. The highest BCUT2D eigenvalue weighted by molar-refractivity contribution is 5.78. The van der Waals surface area contributed by atoms with Crippen molar-refractivity contribution in [3.63, 3.8) is 0 Å². The van der Waals surface area contributed by atoms with E-state index in [1.165, 1.54) is 11.1 Å². The van der Waals surface area contributed by atoms with Crippen LogP contribution < -0.4 is 0 Å². The second kappa shape index (κ2) is 12.5. The molecule has 0 aromatic carbocycles. The summed E-state index contributed by atoms with van der Waals surface area (Å²) in [6, 6.07) is 0. The topological polar surface area (TPSA) is 85.2 Å². The van der Waals surface area contributed by atoms with Crippen LogP contribution in [0, 0.1) is 17.8 Å². The van der Waals surface area contributed by atoms with Crippen LogP contribution in [0.1, 0.15) is 93.4 Å². The molecule has 4 rings (SSSR count). The molecule has 0 amide bonds. The van der Waals surface area contributed by atoms with Gasteiger partial charge in [0.1, 0.15) is 17.6 Å². The monoisotopic (exact) mass is 554 g/mol. The van der Waals surface area contributed by atoms with Crippen molar-refractivity contribution in [2.24, 2.45) is 17.8 Å². The summed E-state index contributed by atoms with van der Waals surface area (Å²) in [5, 5.41) is 22.5. The van der Waals surface area contributed by atoms with Gasteiger partial charge < -0.3 is 24.4 Å². The zero-order chi connectivity index (χ0) is 29.2. The lowest BCUT2D eigenvalue weighted by atomic mass is 9.71. The number of allylic oxidation sites excluding steroid dienone is 5. The lowest BCUT2D eigenvalue weighted by Gasteiger charge is -2.50. The van der Waals surface area contributed by atoms with Gasteiger partial charge in [-0.3, -0.25) is 4.79 Å². The molecule has 2 fully saturated rings. The molecule has 4 aliphatic rings. The lowest BCUT2D eigenvalue weighted by molar-refractivity contribution is -0.329. The van der Waals surface area contributed by atoms with Gasteiger partial charge in [-0.2, -0.15) is 0 Å². The molecule has 0 radical (unpaired) electrons. The minimum atomic E-state index is -1.54. The summed E-state index contributed by atoms with van der Waals surface area (Å²) in [6.07, 6.45) is 15.0. The van der Waals surface area contributed by atoms with Crippen molar-refractivity contribution in [2.45, 2.75) is 129 Å². The molecule has 3 heterocycles. The minimum Gasteiger partial charge on any atom is -0.462 e. The van der Waals surface area contributed by atoms with E-state index in [9.17, 15) is 15.0 Å². The molecule has 2 bridgehead atoms. The third kappa shape index (κ3) is 6.73. The van der Waals surface area contributed by atoms with Crippen molar-refractivity contribution >= 4 is 5.97 Å². The predicted octanol–water partition coefficient (Wildman–Crippen LogP) is 6.49. The van der Waals surface area contributed by atoms with Crippen LogP contribution in [0.2, 0.25) is 0 Å². The van der Waals surface area contributed by atoms with E-state index in [0.29, 0.717) is 35.8 Å². The summed E-state index contributed by atoms with van der Waals surface area (Å²) in [5.74, 6) is -1.51. The second-order valence-electron chi connectivity index (χ2n) is 13.0. The van der Waals surface area contributed by atoms with E-state index >= 15 is 0 Å². The first-order valence-corrected chi connectivity index (χ1v) is 15.1. The van der Waals surface area contributed by atoms with Crippen LogP contribution in [0.4, 0.5) is 0 Å². The number of aliphatic hydroxyl groups excluding tert-OH is 1. The molecular weight excluding hydrogens is 504 g/mol. The number of rotatable bonds is 1. The molecule has 6 heteroatoms. The van der Waals surface area contributed by atoms with E-state index in [0.717, 1.165) is 25.7 Å². The van der Waals surface area contributed by atoms with Crippen LogP contribution in [-0.4, -0.2) is 52.0 Å². The zero-order valence-corrected chi connectivity index (χ0v) is 25.5. The Morgan fingerprint density at radius 1 is 1.12 bits per heavy atom. The summed E-state index contributed by atoms with van der Waals surface area (Å²) >= 11 is 0. The third-order valence-electron chi connectivity index (χ3n) is 9.54. The van der Waals surface area contributed by atoms with E-state index < -0.39 is 35.5 Å². The molecule has 9 atom stereocenters. The van der Waals surface area contributed by atoms with Gasteiger partial charge in [-0.25, -0.2) is 0 Å². The molecule has 0 saturated carbocycles. The van der Waals surface area contributed by atoms with E-state index in [-0.39, 0.29) is 18.6 Å². The number of ether oxygens (including phenoxy) is 3. The second-order valence-corrected chi connectivity index (χ2v) is 13.0. The maximum Gasteiger partial charge on any atom is 0.316 e. The average Bonchev–Trinajstić information content (AvgIpc) is 2.90. The number of hydrogen-bond donors (Lipinski definition) is 2. The Hall–Kier alpha value is -1.99. The Bertz CT molecular complexity index is 1100. The van der Waals surface area contributed by atoms with E-state index in [4.69, 9.17) is 14.2 Å². The van der Waals surface area contributed by atoms with E-state index in [2.05, 4.69) is 45.9 Å². The maximum atomic E-state index is 13.8. The van der Waals surface area contributed by atoms with Crippen molar-refractivity contribution in [2.75, 3.05) is 0 Å². The third-order valence-corrected chi connectivity index (χ3v) is 9.54. The standard InChI is InChI=1S/C34H50O6/c1-8-23(4)31-24(5)14-15-33(40-31)19-28-18-27(39-33)13-12-22(3)16-21(2)10-9-11-26(7)34(37)20-30(35)25(6)17-29(34)32(36)38-28/h8-12,17,21,24,27-31,35,37H,13-16,18-20H2,1-7H3. The first-order chi connectivity index (χ1) is 18.9. The molecule has 6 nitrogen and oxygen atoms in total. The Labute approximate surface area is 240 Å². The van der Waals surface area contributed by atoms with Crippen LogP contribution in [-0.2, 0) is 19.0 Å². The number of carbonyl (C=O) groups excluding carboxylic acids is 1. The van der Waals surface area contributed by atoms with Crippen LogP contribution in [0.15, 0.2) is 58.7 Å². The summed E-state index contributed by atoms with van der Waals surface area (Å²) in [6.45, 7) is 14.3. The van der Waals surface area contributed by atoms with Gasteiger partial charge in [-0.1, -0.05) is 55.9 Å². The van der Waals surface area contributed by atoms with Gasteiger partial charge in [-0.15, -0.1) is 0 Å². The molecular formula is C34H50O6. The predicted molar refractivity (Wildman–Crippen MR) is 157 cm³/mol. The number of carbonyl (C=O) groups is 1. The summed E-state index contributed by atoms with van der Waals surface area (Å²) in [5.41, 5.74) is 2.25. The molecule has 40 heavy (non-hydrogen) atoms. The van der Waals surface area contributed by atoms with Crippen LogP contribution in [0.3, 0.4) is 0 Å². The number of hydrogen-bond acceptors (Lipinski definition) is 6. The average molecular weight is 555 g/mol. The maximum absolute atomic E-state index is 13.8. The summed E-state index contributed by atoms with van der Waals surface area (Å²) in [7, 11) is 0. The number of fused-ring (bicyclic) bond motifs is 3. The fourth-order valence-corrected chi connectivity index (χ4v) is 6.83. The zero-order valence-electron chi connectivity index (χ0n) is 25.5. The van der Waals surface area contributed by atoms with Crippen molar-refractivity contribution in [1.82, 2.24) is 0 Å². The molecule has 2 N–H and O–H groups in total. The number of esters is 1. The molecule has 0 aromatic heterocycles. The van der Waals surface area contributed by atoms with Crippen LogP contribution in [0.25, 0.3) is 0 Å². The summed E-state index contributed by atoms with van der Waals surface area (Å²) in [4.78, 5) is 13.8. The van der Waals surface area contributed by atoms with Crippen molar-refractivity contribution in [1.29, 1.82) is 0 Å². The van der Waals surface area contributed by atoms with Crippen molar-refractivity contribution < 1.29 is 29.2 Å². The van der Waals surface area contributed by atoms with Gasteiger partial charge in [0.25, 0.3) is 0 Å². The van der Waals surface area contributed by atoms with E-state index in [1.807, 2.05) is 26.0 Å². The van der Waals surface area contributed by atoms with Gasteiger partial charge >= 0.3 is 5.97 Å². The smallest absolute Gasteiger partial charge is 0.316 e. The van der Waals surface area contributed by atoms with Gasteiger partial charge in [0, 0.05) is 25.7 Å². The fraction of sp³-hybridized carbons (Fsp3) is 0.676. The van der Waals surface area contributed by atoms with Gasteiger partial charge in [0.15, 0.2) is 5.79 Å². The normalized spacial score (nSPS) is 41.9.